The Morgan fingerprint density at radius 2 is 1.79 bits per heavy atom. The average Bonchev–Trinajstić information content (AvgIpc) is 3.23. The zero-order valence-electron chi connectivity index (χ0n) is 19.9. The van der Waals surface area contributed by atoms with E-state index in [0.717, 1.165) is 21.3 Å². The van der Waals surface area contributed by atoms with Gasteiger partial charge < -0.3 is 14.4 Å². The van der Waals surface area contributed by atoms with Crippen molar-refractivity contribution < 1.29 is 27.2 Å². The molecule has 0 fully saturated rings. The number of benzene rings is 2. The van der Waals surface area contributed by atoms with Crippen LogP contribution in [0.3, 0.4) is 0 Å². The van der Waals surface area contributed by atoms with Crippen LogP contribution in [0.5, 0.6) is 5.75 Å². The molecule has 2 aromatic heterocycles. The van der Waals surface area contributed by atoms with Crippen LogP contribution in [0, 0.1) is 0 Å². The minimum atomic E-state index is -4.88. The summed E-state index contributed by atoms with van der Waals surface area (Å²) in [6.07, 6.45) is -4.72. The molecule has 0 saturated heterocycles. The van der Waals surface area contributed by atoms with Crippen molar-refractivity contribution in [3.05, 3.63) is 85.5 Å². The fourth-order valence-electron chi connectivity index (χ4n) is 3.92. The number of nitrogens with zero attached hydrogens (tertiary/aromatic N) is 4. The topological polar surface area (TPSA) is 108 Å². The van der Waals surface area contributed by atoms with Crippen LogP contribution >= 0.6 is 11.6 Å². The summed E-state index contributed by atoms with van der Waals surface area (Å²) in [5.74, 6) is -0.693. The number of aryl methyl sites for hydroxylation is 1. The van der Waals surface area contributed by atoms with E-state index in [0.29, 0.717) is 10.6 Å². The number of ether oxygens (including phenoxy) is 1. The van der Waals surface area contributed by atoms with Crippen LogP contribution in [0.2, 0.25) is 5.02 Å². The molecule has 2 aromatic carbocycles. The van der Waals surface area contributed by atoms with Crippen LogP contribution in [-0.4, -0.2) is 41.0 Å². The number of hydrogen-bond donors (Lipinski definition) is 1. The molecule has 0 aliphatic heterocycles. The summed E-state index contributed by atoms with van der Waals surface area (Å²) in [7, 11) is -0.517. The van der Waals surface area contributed by atoms with Gasteiger partial charge in [0.1, 0.15) is 5.75 Å². The molecule has 14 heteroatoms. The average molecular weight is 571 g/mol. The van der Waals surface area contributed by atoms with E-state index >= 15 is 0 Å². The molecule has 0 bridgehead atoms. The quantitative estimate of drug-likeness (QED) is 0.331. The standard InChI is InChI=1S/C24H22ClF3N4O5S/c1-30-20-19(21(34)31(23(30)35)10-3-11-33)32(13-15-6-8-17(25)9-7-15)22(29-20)38(36)14-16-4-2-5-18(12-16)37-24(26,27)28/h2,4-9,12,33H,3,10-11,13-14H2,1H3. The molecular formula is C24H22ClF3N4O5S. The molecular weight excluding hydrogens is 549 g/mol. The molecule has 38 heavy (non-hydrogen) atoms. The van der Waals surface area contributed by atoms with Gasteiger partial charge in [-0.15, -0.1) is 13.2 Å². The Labute approximate surface area is 221 Å². The van der Waals surface area contributed by atoms with E-state index in [9.17, 15) is 32.1 Å². The lowest BCUT2D eigenvalue weighted by Crippen LogP contribution is -2.40. The summed E-state index contributed by atoms with van der Waals surface area (Å²) in [6, 6.07) is 11.8. The predicted octanol–water partition coefficient (Wildman–Crippen LogP) is 3.19. The maximum atomic E-state index is 13.5. The maximum Gasteiger partial charge on any atom is 0.573 e. The van der Waals surface area contributed by atoms with E-state index < -0.39 is 34.2 Å². The number of hydrogen-bond acceptors (Lipinski definition) is 6. The van der Waals surface area contributed by atoms with Crippen molar-refractivity contribution in [3.63, 3.8) is 0 Å². The fraction of sp³-hybridized carbons (Fsp3) is 0.292. The fourth-order valence-corrected chi connectivity index (χ4v) is 5.25. The van der Waals surface area contributed by atoms with Gasteiger partial charge >= 0.3 is 12.1 Å². The van der Waals surface area contributed by atoms with Crippen molar-refractivity contribution in [2.45, 2.75) is 36.8 Å². The van der Waals surface area contributed by atoms with Crippen LogP contribution in [0.1, 0.15) is 17.5 Å². The second-order valence-corrected chi connectivity index (χ2v) is 10.1. The first-order chi connectivity index (χ1) is 18.0. The minimum Gasteiger partial charge on any atom is -0.406 e. The lowest BCUT2D eigenvalue weighted by Gasteiger charge is -2.12. The highest BCUT2D eigenvalue weighted by Gasteiger charge is 2.31. The molecule has 9 nitrogen and oxygen atoms in total. The number of imidazole rings is 1. The van der Waals surface area contributed by atoms with Crippen LogP contribution in [0.15, 0.2) is 63.3 Å². The smallest absolute Gasteiger partial charge is 0.406 e. The highest BCUT2D eigenvalue weighted by Crippen LogP contribution is 2.25. The molecule has 202 valence electrons. The van der Waals surface area contributed by atoms with E-state index in [2.05, 4.69) is 9.72 Å². The van der Waals surface area contributed by atoms with Gasteiger partial charge in [-0.2, -0.15) is 0 Å². The zero-order chi connectivity index (χ0) is 27.6. The summed E-state index contributed by atoms with van der Waals surface area (Å²) in [6.45, 7) is -0.210. The summed E-state index contributed by atoms with van der Waals surface area (Å²) in [5.41, 5.74) is -0.306. The van der Waals surface area contributed by atoms with Crippen molar-refractivity contribution in [2.75, 3.05) is 6.61 Å². The van der Waals surface area contributed by atoms with Crippen molar-refractivity contribution in [2.24, 2.45) is 7.05 Å². The van der Waals surface area contributed by atoms with Gasteiger partial charge in [0.15, 0.2) is 11.2 Å². The van der Waals surface area contributed by atoms with E-state index in [1.54, 1.807) is 24.3 Å². The number of aromatic nitrogens is 4. The Morgan fingerprint density at radius 1 is 1.08 bits per heavy atom. The summed E-state index contributed by atoms with van der Waals surface area (Å²) in [4.78, 5) is 30.6. The highest BCUT2D eigenvalue weighted by molar-refractivity contribution is 7.84. The third-order valence-corrected chi connectivity index (χ3v) is 7.19. The Bertz CT molecular complexity index is 1610. The molecule has 1 unspecified atom stereocenters. The Morgan fingerprint density at radius 3 is 2.45 bits per heavy atom. The SMILES string of the molecule is Cn1c(=O)n(CCCO)c(=O)c2c1nc(S(=O)Cc1cccc(OC(F)(F)F)c1)n2Cc1ccc(Cl)cc1. The van der Waals surface area contributed by atoms with Gasteiger partial charge in [0, 0.05) is 25.2 Å². The normalized spacial score (nSPS) is 12.7. The van der Waals surface area contributed by atoms with Crippen molar-refractivity contribution in [1.29, 1.82) is 0 Å². The first kappa shape index (κ1) is 27.6. The number of alkyl halides is 3. The minimum absolute atomic E-state index is 0.00622. The van der Waals surface area contributed by atoms with Crippen LogP contribution in [-0.2, 0) is 36.7 Å². The van der Waals surface area contributed by atoms with Crippen molar-refractivity contribution in [1.82, 2.24) is 18.7 Å². The third kappa shape index (κ3) is 6.00. The molecule has 1 atom stereocenters. The first-order valence-corrected chi connectivity index (χ1v) is 13.0. The second kappa shape index (κ2) is 11.1. The van der Waals surface area contributed by atoms with Crippen LogP contribution in [0.4, 0.5) is 13.2 Å². The van der Waals surface area contributed by atoms with E-state index in [4.69, 9.17) is 11.6 Å². The first-order valence-electron chi connectivity index (χ1n) is 11.3. The molecule has 4 rings (SSSR count). The molecule has 0 amide bonds. The van der Waals surface area contributed by atoms with Crippen LogP contribution < -0.4 is 16.0 Å². The second-order valence-electron chi connectivity index (χ2n) is 8.34. The highest BCUT2D eigenvalue weighted by atomic mass is 35.5. The van der Waals surface area contributed by atoms with E-state index in [-0.39, 0.29) is 53.8 Å². The number of fused-ring (bicyclic) bond motifs is 1. The third-order valence-electron chi connectivity index (χ3n) is 5.62. The van der Waals surface area contributed by atoms with Crippen LogP contribution in [0.25, 0.3) is 11.2 Å². The molecule has 0 aliphatic rings. The molecule has 0 aliphatic carbocycles. The molecule has 0 radical (unpaired) electrons. The zero-order valence-corrected chi connectivity index (χ0v) is 21.5. The van der Waals surface area contributed by atoms with Gasteiger partial charge in [-0.25, -0.2) is 9.78 Å². The number of halogens is 4. The lowest BCUT2D eigenvalue weighted by molar-refractivity contribution is -0.274. The van der Waals surface area contributed by atoms with Gasteiger partial charge in [0.05, 0.1) is 23.1 Å². The predicted molar refractivity (Wildman–Crippen MR) is 135 cm³/mol. The number of aliphatic hydroxyl groups excluding tert-OH is 1. The molecule has 0 spiro atoms. The van der Waals surface area contributed by atoms with Gasteiger partial charge in [-0.3, -0.25) is 18.1 Å². The molecule has 0 saturated carbocycles. The number of aliphatic hydroxyl groups is 1. The Hall–Kier alpha value is -3.42. The summed E-state index contributed by atoms with van der Waals surface area (Å²) in [5, 5.41) is 9.65. The summed E-state index contributed by atoms with van der Waals surface area (Å²) >= 11 is 5.99. The molecule has 1 N–H and O–H groups in total. The van der Waals surface area contributed by atoms with E-state index in [1.807, 2.05) is 0 Å². The van der Waals surface area contributed by atoms with Gasteiger partial charge in [0.25, 0.3) is 5.56 Å². The van der Waals surface area contributed by atoms with Gasteiger partial charge in [-0.05, 0) is 41.8 Å². The Kier molecular flexibility index (Phi) is 8.09. The monoisotopic (exact) mass is 570 g/mol. The van der Waals surface area contributed by atoms with Gasteiger partial charge in [-0.1, -0.05) is 35.9 Å². The van der Waals surface area contributed by atoms with E-state index in [1.165, 1.54) is 23.7 Å². The number of rotatable bonds is 9. The Balaban J connectivity index is 1.83. The largest absolute Gasteiger partial charge is 0.573 e. The summed E-state index contributed by atoms with van der Waals surface area (Å²) < 4.78 is 59.0. The van der Waals surface area contributed by atoms with Crippen molar-refractivity contribution >= 4 is 33.6 Å². The van der Waals surface area contributed by atoms with Gasteiger partial charge in [0.2, 0.25) is 5.16 Å². The van der Waals surface area contributed by atoms with Crippen molar-refractivity contribution in [3.8, 4) is 5.75 Å². The molecule has 2 heterocycles. The maximum absolute atomic E-state index is 13.5. The lowest BCUT2D eigenvalue weighted by atomic mass is 10.2. The molecule has 4 aromatic rings.